The van der Waals surface area contributed by atoms with Crippen molar-refractivity contribution in [2.45, 2.75) is 53.6 Å². The molecule has 2 aromatic carbocycles. The van der Waals surface area contributed by atoms with Gasteiger partial charge in [0, 0.05) is 17.8 Å². The molecule has 0 aliphatic rings. The Kier molecular flexibility index (Phi) is 6.90. The van der Waals surface area contributed by atoms with Crippen LogP contribution < -0.4 is 5.32 Å². The highest BCUT2D eigenvalue weighted by atomic mass is 16.5. The van der Waals surface area contributed by atoms with Gasteiger partial charge in [0.05, 0.1) is 11.4 Å². The van der Waals surface area contributed by atoms with E-state index in [-0.39, 0.29) is 12.3 Å². The van der Waals surface area contributed by atoms with Gasteiger partial charge in [-0.05, 0) is 70.4 Å². The molecule has 1 amide bonds. The summed E-state index contributed by atoms with van der Waals surface area (Å²) in [6.45, 7) is 9.44. The van der Waals surface area contributed by atoms with Crippen molar-refractivity contribution in [2.75, 3.05) is 5.32 Å². The van der Waals surface area contributed by atoms with Crippen molar-refractivity contribution < 1.29 is 14.3 Å². The molecule has 0 saturated carbocycles. The molecule has 1 atom stereocenters. The van der Waals surface area contributed by atoms with Crippen LogP contribution in [0.1, 0.15) is 41.4 Å². The van der Waals surface area contributed by atoms with E-state index in [2.05, 4.69) is 10.4 Å². The van der Waals surface area contributed by atoms with Gasteiger partial charge in [-0.25, -0.2) is 4.68 Å². The molecule has 162 valence electrons. The molecule has 31 heavy (non-hydrogen) atoms. The number of para-hydroxylation sites is 1. The van der Waals surface area contributed by atoms with Gasteiger partial charge >= 0.3 is 5.97 Å². The van der Waals surface area contributed by atoms with Crippen LogP contribution in [0.4, 0.5) is 5.69 Å². The average molecular weight is 420 g/mol. The van der Waals surface area contributed by atoms with Crippen LogP contribution >= 0.6 is 0 Å². The zero-order chi connectivity index (χ0) is 22.5. The molecule has 3 rings (SSSR count). The Hall–Kier alpha value is -3.41. The Morgan fingerprint density at radius 2 is 1.77 bits per heavy atom. The van der Waals surface area contributed by atoms with Gasteiger partial charge in [0.1, 0.15) is 0 Å². The molecule has 0 spiro atoms. The first-order valence-corrected chi connectivity index (χ1v) is 10.4. The summed E-state index contributed by atoms with van der Waals surface area (Å²) >= 11 is 0. The molecule has 0 fully saturated rings. The molecule has 0 aliphatic carbocycles. The Morgan fingerprint density at radius 3 is 2.45 bits per heavy atom. The zero-order valence-corrected chi connectivity index (χ0v) is 18.7. The fourth-order valence-corrected chi connectivity index (χ4v) is 3.58. The minimum atomic E-state index is -0.873. The molecule has 3 aromatic rings. The monoisotopic (exact) mass is 419 g/mol. The first-order chi connectivity index (χ1) is 14.8. The normalized spacial score (nSPS) is 11.8. The van der Waals surface area contributed by atoms with E-state index in [0.717, 1.165) is 39.5 Å². The summed E-state index contributed by atoms with van der Waals surface area (Å²) in [7, 11) is 0. The average Bonchev–Trinajstić information content (AvgIpc) is 3.02. The smallest absolute Gasteiger partial charge is 0.306 e. The molecule has 1 aromatic heterocycles. The summed E-state index contributed by atoms with van der Waals surface area (Å²) in [6, 6.07) is 15.7. The molecule has 0 radical (unpaired) electrons. The van der Waals surface area contributed by atoms with Crippen molar-refractivity contribution in [3.05, 3.63) is 76.6 Å². The SMILES string of the molecule is Cc1ccc(NC(=O)[C@H](C)OC(=O)CCc2c(C)nn(-c3ccccc3)c2C)c(C)c1. The number of esters is 1. The quantitative estimate of drug-likeness (QED) is 0.568. The molecule has 1 N–H and O–H groups in total. The number of nitrogens with one attached hydrogen (secondary N) is 1. The third-order valence-electron chi connectivity index (χ3n) is 5.34. The molecule has 0 bridgehead atoms. The number of ether oxygens (including phenoxy) is 1. The van der Waals surface area contributed by atoms with E-state index >= 15 is 0 Å². The Morgan fingerprint density at radius 1 is 1.06 bits per heavy atom. The summed E-state index contributed by atoms with van der Waals surface area (Å²) in [4.78, 5) is 24.8. The summed E-state index contributed by atoms with van der Waals surface area (Å²) < 4.78 is 7.25. The van der Waals surface area contributed by atoms with Crippen LogP contribution in [0.25, 0.3) is 5.69 Å². The fourth-order valence-electron chi connectivity index (χ4n) is 3.58. The second-order valence-electron chi connectivity index (χ2n) is 7.84. The van der Waals surface area contributed by atoms with Crippen LogP contribution in [0.3, 0.4) is 0 Å². The van der Waals surface area contributed by atoms with E-state index in [4.69, 9.17) is 4.74 Å². The first kappa shape index (κ1) is 22.3. The van der Waals surface area contributed by atoms with Gasteiger partial charge in [0.25, 0.3) is 5.91 Å². The van der Waals surface area contributed by atoms with Gasteiger partial charge in [-0.3, -0.25) is 9.59 Å². The molecular weight excluding hydrogens is 390 g/mol. The molecule has 6 nitrogen and oxygen atoms in total. The van der Waals surface area contributed by atoms with E-state index in [1.807, 2.05) is 80.9 Å². The number of aromatic nitrogens is 2. The van der Waals surface area contributed by atoms with Crippen LogP contribution in [0.2, 0.25) is 0 Å². The van der Waals surface area contributed by atoms with Gasteiger partial charge in [-0.1, -0.05) is 35.9 Å². The van der Waals surface area contributed by atoms with Crippen molar-refractivity contribution in [3.8, 4) is 5.69 Å². The molecule has 0 aliphatic heterocycles. The lowest BCUT2D eigenvalue weighted by molar-refractivity contribution is -0.153. The molecule has 0 saturated heterocycles. The van der Waals surface area contributed by atoms with Gasteiger partial charge in [0.2, 0.25) is 0 Å². The summed E-state index contributed by atoms with van der Waals surface area (Å²) in [5.74, 6) is -0.751. The van der Waals surface area contributed by atoms with Crippen LogP contribution in [0, 0.1) is 27.7 Å². The van der Waals surface area contributed by atoms with Crippen molar-refractivity contribution in [2.24, 2.45) is 0 Å². The maximum Gasteiger partial charge on any atom is 0.306 e. The summed E-state index contributed by atoms with van der Waals surface area (Å²) in [5, 5.41) is 7.44. The number of aryl methyl sites for hydroxylation is 3. The van der Waals surface area contributed by atoms with Crippen molar-refractivity contribution in [1.29, 1.82) is 0 Å². The summed E-state index contributed by atoms with van der Waals surface area (Å²) in [5.41, 5.74) is 6.69. The van der Waals surface area contributed by atoms with Gasteiger partial charge < -0.3 is 10.1 Å². The highest BCUT2D eigenvalue weighted by molar-refractivity contribution is 5.95. The number of hydrogen-bond acceptors (Lipinski definition) is 4. The zero-order valence-electron chi connectivity index (χ0n) is 18.7. The van der Waals surface area contributed by atoms with Crippen molar-refractivity contribution >= 4 is 17.6 Å². The summed E-state index contributed by atoms with van der Waals surface area (Å²) in [6.07, 6.45) is -0.180. The number of carbonyl (C=O) groups excluding carboxylic acids is 2. The third-order valence-corrected chi connectivity index (χ3v) is 5.34. The maximum absolute atomic E-state index is 12.4. The first-order valence-electron chi connectivity index (χ1n) is 10.4. The lowest BCUT2D eigenvalue weighted by Gasteiger charge is -2.15. The number of nitrogens with zero attached hydrogens (tertiary/aromatic N) is 2. The van der Waals surface area contributed by atoms with Crippen LogP contribution in [0.5, 0.6) is 0 Å². The van der Waals surface area contributed by atoms with Gasteiger partial charge in [0.15, 0.2) is 6.10 Å². The number of carbonyl (C=O) groups is 2. The second-order valence-corrected chi connectivity index (χ2v) is 7.84. The topological polar surface area (TPSA) is 73.2 Å². The number of amides is 1. The molecule has 1 heterocycles. The molecular formula is C25H29N3O3. The van der Waals surface area contributed by atoms with Crippen LogP contribution in [0.15, 0.2) is 48.5 Å². The van der Waals surface area contributed by atoms with E-state index in [0.29, 0.717) is 6.42 Å². The Bertz CT molecular complexity index is 1090. The largest absolute Gasteiger partial charge is 0.453 e. The Labute approximate surface area is 183 Å². The lowest BCUT2D eigenvalue weighted by Crippen LogP contribution is -2.30. The second kappa shape index (κ2) is 9.60. The minimum Gasteiger partial charge on any atom is -0.453 e. The standard InChI is InChI=1S/C25H29N3O3/c1-16-11-13-23(17(2)15-16)26-25(30)20(5)31-24(29)14-12-22-18(3)27-28(19(22)4)21-9-7-6-8-10-21/h6-11,13,15,20H,12,14H2,1-5H3,(H,26,30)/t20-/m0/s1. The number of benzene rings is 2. The Balaban J connectivity index is 1.57. The lowest BCUT2D eigenvalue weighted by atomic mass is 10.1. The number of hydrogen-bond donors (Lipinski definition) is 1. The number of anilines is 1. The molecule has 6 heteroatoms. The highest BCUT2D eigenvalue weighted by Gasteiger charge is 2.20. The maximum atomic E-state index is 12.4. The fraction of sp³-hybridized carbons (Fsp3) is 0.320. The van der Waals surface area contributed by atoms with E-state index < -0.39 is 12.1 Å². The highest BCUT2D eigenvalue weighted by Crippen LogP contribution is 2.20. The molecule has 0 unspecified atom stereocenters. The predicted molar refractivity (Wildman–Crippen MR) is 121 cm³/mol. The minimum absolute atomic E-state index is 0.184. The van der Waals surface area contributed by atoms with Crippen molar-refractivity contribution in [1.82, 2.24) is 9.78 Å². The third kappa shape index (κ3) is 5.40. The van der Waals surface area contributed by atoms with E-state index in [1.54, 1.807) is 6.92 Å². The van der Waals surface area contributed by atoms with E-state index in [1.165, 1.54) is 0 Å². The van der Waals surface area contributed by atoms with Crippen LogP contribution in [-0.4, -0.2) is 27.8 Å². The number of rotatable bonds is 7. The van der Waals surface area contributed by atoms with Crippen LogP contribution in [-0.2, 0) is 20.7 Å². The van der Waals surface area contributed by atoms with Gasteiger partial charge in [-0.2, -0.15) is 5.10 Å². The van der Waals surface area contributed by atoms with Crippen molar-refractivity contribution in [3.63, 3.8) is 0 Å². The van der Waals surface area contributed by atoms with Gasteiger partial charge in [-0.15, -0.1) is 0 Å². The predicted octanol–water partition coefficient (Wildman–Crippen LogP) is 4.61. The van der Waals surface area contributed by atoms with E-state index in [9.17, 15) is 9.59 Å².